The molecule has 1 aromatic carbocycles. The molecule has 0 saturated carbocycles. The van der Waals surface area contributed by atoms with Gasteiger partial charge in [0.05, 0.1) is 30.1 Å². The van der Waals surface area contributed by atoms with Crippen molar-refractivity contribution in [1.82, 2.24) is 24.8 Å². The third kappa shape index (κ3) is 3.67. The Bertz CT molecular complexity index is 829. The zero-order chi connectivity index (χ0) is 17.1. The summed E-state index contributed by atoms with van der Waals surface area (Å²) in [5.41, 5.74) is 2.20. The maximum atomic E-state index is 10.4. The van der Waals surface area contributed by atoms with Crippen molar-refractivity contribution in [3.05, 3.63) is 49.3 Å². The Morgan fingerprint density at radius 2 is 2.04 bits per heavy atom. The van der Waals surface area contributed by atoms with Crippen LogP contribution in [-0.2, 0) is 0 Å². The van der Waals surface area contributed by atoms with Crippen molar-refractivity contribution in [1.29, 1.82) is 0 Å². The number of nitrogens with zero attached hydrogens (tertiary/aromatic N) is 4. The molecule has 0 radical (unpaired) electrons. The molecule has 2 aromatic heterocycles. The van der Waals surface area contributed by atoms with Crippen LogP contribution in [0.15, 0.2) is 54.3 Å². The molecule has 0 atom stereocenters. The topological polar surface area (TPSA) is 75.9 Å². The molecule has 128 valence electrons. The zero-order valence-corrected chi connectivity index (χ0v) is 14.5. The fourth-order valence-electron chi connectivity index (χ4n) is 2.91. The highest BCUT2D eigenvalue weighted by Crippen LogP contribution is 2.31. The van der Waals surface area contributed by atoms with Crippen molar-refractivity contribution in [2.45, 2.75) is 23.1 Å². The lowest BCUT2D eigenvalue weighted by Gasteiger charge is -2.21. The summed E-state index contributed by atoms with van der Waals surface area (Å²) in [6.07, 6.45) is 11.1. The van der Waals surface area contributed by atoms with Gasteiger partial charge in [0.15, 0.2) is 0 Å². The van der Waals surface area contributed by atoms with Gasteiger partial charge in [0.1, 0.15) is 10.8 Å². The number of aromatic hydroxyl groups is 1. The third-order valence-corrected chi connectivity index (χ3v) is 5.52. The molecule has 0 unspecified atom stereocenters. The van der Waals surface area contributed by atoms with Gasteiger partial charge in [-0.3, -0.25) is 4.98 Å². The fourth-order valence-corrected chi connectivity index (χ4v) is 3.95. The highest BCUT2D eigenvalue weighted by Gasteiger charge is 2.15. The van der Waals surface area contributed by atoms with Crippen LogP contribution in [0, 0.1) is 0 Å². The molecule has 1 fully saturated rings. The summed E-state index contributed by atoms with van der Waals surface area (Å²) in [7, 11) is 0. The second-order valence-electron chi connectivity index (χ2n) is 5.98. The predicted octanol–water partition coefficient (Wildman–Crippen LogP) is 2.88. The average Bonchev–Trinajstić information content (AvgIpc) is 3.18. The van der Waals surface area contributed by atoms with Gasteiger partial charge in [0.2, 0.25) is 0 Å². The van der Waals surface area contributed by atoms with E-state index in [0.29, 0.717) is 16.5 Å². The number of nitrogens with one attached hydrogen (secondary N) is 1. The second-order valence-corrected chi connectivity index (χ2v) is 7.30. The van der Waals surface area contributed by atoms with E-state index in [0.717, 1.165) is 36.6 Å². The predicted molar refractivity (Wildman–Crippen MR) is 98.0 cm³/mol. The van der Waals surface area contributed by atoms with Crippen LogP contribution in [-0.4, -0.2) is 43.0 Å². The zero-order valence-electron chi connectivity index (χ0n) is 13.7. The number of benzene rings is 1. The van der Waals surface area contributed by atoms with Crippen molar-refractivity contribution in [3.63, 3.8) is 0 Å². The van der Waals surface area contributed by atoms with E-state index in [1.54, 1.807) is 42.7 Å². The number of piperidine rings is 1. The molecule has 4 rings (SSSR count). The van der Waals surface area contributed by atoms with E-state index >= 15 is 0 Å². The molecule has 25 heavy (non-hydrogen) atoms. The lowest BCUT2D eigenvalue weighted by molar-refractivity contribution is 0.477. The van der Waals surface area contributed by atoms with Gasteiger partial charge >= 0.3 is 0 Å². The van der Waals surface area contributed by atoms with Gasteiger partial charge < -0.3 is 15.0 Å². The molecule has 1 aliphatic heterocycles. The Labute approximate surface area is 150 Å². The molecular formula is C18H19N5OS. The monoisotopic (exact) mass is 353 g/mol. The minimum atomic E-state index is 0.180. The van der Waals surface area contributed by atoms with Gasteiger partial charge in [0.25, 0.3) is 0 Å². The summed E-state index contributed by atoms with van der Waals surface area (Å²) in [6.45, 7) is 2.14. The van der Waals surface area contributed by atoms with Crippen molar-refractivity contribution in [2.24, 2.45) is 0 Å². The third-order valence-electron chi connectivity index (χ3n) is 4.26. The molecule has 3 heterocycles. The van der Waals surface area contributed by atoms with E-state index in [4.69, 9.17) is 0 Å². The standard InChI is InChI=1S/C18H19N5OS/c24-17-9-13(23-8-7-20-12-23)1-2-15(17)16-10-22-18(11-21-16)25-14-3-5-19-6-4-14/h1-2,7-12,14,19,24H,3-6H2. The molecule has 1 saturated heterocycles. The Morgan fingerprint density at radius 1 is 1.16 bits per heavy atom. The molecule has 0 bridgehead atoms. The number of imidazole rings is 1. The normalized spacial score (nSPS) is 15.4. The summed E-state index contributed by atoms with van der Waals surface area (Å²) in [6, 6.07) is 5.49. The quantitative estimate of drug-likeness (QED) is 0.751. The molecule has 0 spiro atoms. The molecule has 7 heteroatoms. The van der Waals surface area contributed by atoms with Gasteiger partial charge in [-0.15, -0.1) is 11.8 Å². The number of hydrogen-bond acceptors (Lipinski definition) is 6. The van der Waals surface area contributed by atoms with E-state index in [-0.39, 0.29) is 5.75 Å². The van der Waals surface area contributed by atoms with E-state index < -0.39 is 0 Å². The molecule has 2 N–H and O–H groups in total. The van der Waals surface area contributed by atoms with E-state index in [2.05, 4.69) is 20.3 Å². The van der Waals surface area contributed by atoms with Crippen LogP contribution in [0.1, 0.15) is 12.8 Å². The summed E-state index contributed by atoms with van der Waals surface area (Å²) >= 11 is 1.79. The molecule has 0 amide bonds. The summed E-state index contributed by atoms with van der Waals surface area (Å²) in [4.78, 5) is 13.0. The molecular weight excluding hydrogens is 334 g/mol. The first-order valence-corrected chi connectivity index (χ1v) is 9.19. The Hall–Kier alpha value is -2.38. The lowest BCUT2D eigenvalue weighted by atomic mass is 10.1. The van der Waals surface area contributed by atoms with E-state index in [1.165, 1.54) is 0 Å². The van der Waals surface area contributed by atoms with E-state index in [9.17, 15) is 5.11 Å². The van der Waals surface area contributed by atoms with Crippen molar-refractivity contribution in [3.8, 4) is 22.7 Å². The highest BCUT2D eigenvalue weighted by molar-refractivity contribution is 7.99. The molecule has 6 nitrogen and oxygen atoms in total. The number of rotatable bonds is 4. The van der Waals surface area contributed by atoms with Crippen LogP contribution in [0.25, 0.3) is 16.9 Å². The SMILES string of the molecule is Oc1cc(-n2ccnc2)ccc1-c1cnc(SC2CCNCC2)cn1. The maximum Gasteiger partial charge on any atom is 0.127 e. The van der Waals surface area contributed by atoms with Crippen molar-refractivity contribution < 1.29 is 5.11 Å². The number of phenols is 1. The maximum absolute atomic E-state index is 10.4. The number of aromatic nitrogens is 4. The first-order valence-electron chi connectivity index (χ1n) is 8.31. The first kappa shape index (κ1) is 16.1. The second kappa shape index (κ2) is 7.25. The van der Waals surface area contributed by atoms with Gasteiger partial charge in [0, 0.05) is 29.3 Å². The van der Waals surface area contributed by atoms with Crippen LogP contribution >= 0.6 is 11.8 Å². The van der Waals surface area contributed by atoms with Gasteiger partial charge in [-0.05, 0) is 38.1 Å². The first-order chi connectivity index (χ1) is 12.3. The van der Waals surface area contributed by atoms with Crippen LogP contribution in [0.3, 0.4) is 0 Å². The Morgan fingerprint density at radius 3 is 2.72 bits per heavy atom. The fraction of sp³-hybridized carbons (Fsp3) is 0.278. The number of thioether (sulfide) groups is 1. The van der Waals surface area contributed by atoms with Gasteiger partial charge in [-0.25, -0.2) is 9.97 Å². The van der Waals surface area contributed by atoms with Crippen molar-refractivity contribution in [2.75, 3.05) is 13.1 Å². The summed E-state index contributed by atoms with van der Waals surface area (Å²) in [5.74, 6) is 0.180. The van der Waals surface area contributed by atoms with Crippen LogP contribution in [0.4, 0.5) is 0 Å². The van der Waals surface area contributed by atoms with E-state index in [1.807, 2.05) is 22.9 Å². The lowest BCUT2D eigenvalue weighted by Crippen LogP contribution is -2.29. The van der Waals surface area contributed by atoms with Crippen LogP contribution in [0.2, 0.25) is 0 Å². The summed E-state index contributed by atoms with van der Waals surface area (Å²) in [5, 5.41) is 15.3. The minimum Gasteiger partial charge on any atom is -0.507 e. The van der Waals surface area contributed by atoms with Gasteiger partial charge in [-0.1, -0.05) is 0 Å². The highest BCUT2D eigenvalue weighted by atomic mass is 32.2. The van der Waals surface area contributed by atoms with Crippen LogP contribution < -0.4 is 5.32 Å². The number of hydrogen-bond donors (Lipinski definition) is 2. The van der Waals surface area contributed by atoms with Crippen LogP contribution in [0.5, 0.6) is 5.75 Å². The molecule has 0 aliphatic carbocycles. The average molecular weight is 353 g/mol. The smallest absolute Gasteiger partial charge is 0.127 e. The largest absolute Gasteiger partial charge is 0.507 e. The van der Waals surface area contributed by atoms with Gasteiger partial charge in [-0.2, -0.15) is 0 Å². The molecule has 3 aromatic rings. The molecule has 1 aliphatic rings. The Kier molecular flexibility index (Phi) is 4.67. The number of phenolic OH excluding ortho intramolecular Hbond substituents is 1. The van der Waals surface area contributed by atoms with Crippen molar-refractivity contribution >= 4 is 11.8 Å². The summed E-state index contributed by atoms with van der Waals surface area (Å²) < 4.78 is 1.84. The minimum absolute atomic E-state index is 0.180. The Balaban J connectivity index is 1.51.